The van der Waals surface area contributed by atoms with Crippen LogP contribution < -0.4 is 0 Å². The Balaban J connectivity index is 0.000000163. The zero-order valence-corrected chi connectivity index (χ0v) is 60.3. The molecule has 112 heavy (non-hydrogen) atoms. The lowest BCUT2D eigenvalue weighted by Crippen LogP contribution is -2.00. The van der Waals surface area contributed by atoms with Gasteiger partial charge in [0, 0.05) is 66.8 Å². The summed E-state index contributed by atoms with van der Waals surface area (Å²) in [4.78, 5) is 49.6. The highest BCUT2D eigenvalue weighted by atomic mass is 15.0. The zero-order chi connectivity index (χ0) is 75.4. The molecule has 0 aliphatic rings. The Hall–Kier alpha value is -15.8. The van der Waals surface area contributed by atoms with Crippen molar-refractivity contribution in [3.05, 3.63) is 399 Å². The highest BCUT2D eigenvalue weighted by Crippen LogP contribution is 2.37. The average Bonchev–Trinajstić information content (AvgIpc) is 0.799. The minimum absolute atomic E-state index is 0.589. The predicted octanol–water partition coefficient (Wildman–Crippen LogP) is 23.7. The monoisotopic (exact) mass is 1430 g/mol. The second kappa shape index (κ2) is 32.1. The normalized spacial score (nSPS) is 10.8. The van der Waals surface area contributed by atoms with Crippen LogP contribution in [0.2, 0.25) is 0 Å². The van der Waals surface area contributed by atoms with Gasteiger partial charge in [0.25, 0.3) is 0 Å². The summed E-state index contributed by atoms with van der Waals surface area (Å²) in [5, 5.41) is 18.4. The molecule has 0 unspecified atom stereocenters. The van der Waals surface area contributed by atoms with Crippen LogP contribution in [0.3, 0.4) is 0 Å². The van der Waals surface area contributed by atoms with Crippen LogP contribution in [-0.4, -0.2) is 49.8 Å². The van der Waals surface area contributed by atoms with Crippen molar-refractivity contribution in [1.29, 1.82) is 10.5 Å². The molecule has 0 bridgehead atoms. The molecular weight excluding hydrogens is 1370 g/mol. The molecular formula is C100H64N12. The molecule has 0 spiro atoms. The van der Waals surface area contributed by atoms with Crippen LogP contribution in [-0.2, 0) is 0 Å². The highest BCUT2D eigenvalue weighted by molar-refractivity contribution is 5.81. The Bertz CT molecular complexity index is 6310. The number of aromatic nitrogens is 10. The summed E-state index contributed by atoms with van der Waals surface area (Å²) >= 11 is 0. The van der Waals surface area contributed by atoms with Crippen molar-refractivity contribution in [1.82, 2.24) is 49.8 Å². The number of rotatable bonds is 16. The van der Waals surface area contributed by atoms with E-state index >= 15 is 0 Å². The van der Waals surface area contributed by atoms with E-state index in [0.29, 0.717) is 57.7 Å². The molecule has 18 aromatic rings. The minimum atomic E-state index is 0.589. The fourth-order valence-corrected chi connectivity index (χ4v) is 13.3. The van der Waals surface area contributed by atoms with Crippen LogP contribution in [0.1, 0.15) is 11.1 Å². The van der Waals surface area contributed by atoms with Crippen LogP contribution in [0, 0.1) is 22.7 Å². The van der Waals surface area contributed by atoms with Gasteiger partial charge in [0.15, 0.2) is 46.6 Å². The van der Waals surface area contributed by atoms with Gasteiger partial charge in [-0.15, -0.1) is 0 Å². The first kappa shape index (κ1) is 69.3. The van der Waals surface area contributed by atoms with Gasteiger partial charge in [0.2, 0.25) is 0 Å². The lowest BCUT2D eigenvalue weighted by molar-refractivity contribution is 1.07. The lowest BCUT2D eigenvalue weighted by Gasteiger charge is -2.11. The molecule has 0 atom stereocenters. The van der Waals surface area contributed by atoms with Crippen LogP contribution >= 0.6 is 0 Å². The Morgan fingerprint density at radius 3 is 0.562 bits per heavy atom. The summed E-state index contributed by atoms with van der Waals surface area (Å²) in [6.45, 7) is 0. The van der Waals surface area contributed by atoms with Crippen molar-refractivity contribution in [3.63, 3.8) is 0 Å². The van der Waals surface area contributed by atoms with E-state index in [9.17, 15) is 10.5 Å². The van der Waals surface area contributed by atoms with E-state index in [2.05, 4.69) is 170 Å². The van der Waals surface area contributed by atoms with E-state index in [1.807, 2.05) is 231 Å². The summed E-state index contributed by atoms with van der Waals surface area (Å²) in [5.74, 6) is 5.01. The zero-order valence-electron chi connectivity index (χ0n) is 60.3. The molecule has 18 rings (SSSR count). The SMILES string of the molecule is N#Cc1ccc(-c2ccc(-c3cc(-c4cccc(-c5ccc(-c6nc(-c7ccccc7)nc(-c7ccccc7)n6)cc5)c4)nc(-c4ccccc4)n3)cc2)cc1.N#Cc1ccc(-c2ccc(-c3nc(-c4ccccc4)nc(-c4ccc(-c5cccc(-c6cc(-c7ccccc7)nc(-c7ccccc7)n6)c5)cc4)n3)cc2)cc1. The fraction of sp³-hybridized carbons (Fsp3) is 0. The molecule has 0 saturated carbocycles. The summed E-state index contributed by atoms with van der Waals surface area (Å²) in [7, 11) is 0. The van der Waals surface area contributed by atoms with Crippen molar-refractivity contribution in [2.24, 2.45) is 0 Å². The summed E-state index contributed by atoms with van der Waals surface area (Å²) in [5.41, 5.74) is 24.5. The Morgan fingerprint density at radius 1 is 0.134 bits per heavy atom. The molecule has 0 N–H and O–H groups in total. The highest BCUT2D eigenvalue weighted by Gasteiger charge is 2.19. The maximum Gasteiger partial charge on any atom is 0.164 e. The van der Waals surface area contributed by atoms with E-state index in [4.69, 9.17) is 49.8 Å². The second-order valence-corrected chi connectivity index (χ2v) is 26.6. The largest absolute Gasteiger partial charge is 0.228 e. The Labute approximate surface area is 648 Å². The maximum absolute atomic E-state index is 9.20. The molecule has 4 aromatic heterocycles. The van der Waals surface area contributed by atoms with Gasteiger partial charge in [-0.2, -0.15) is 10.5 Å². The van der Waals surface area contributed by atoms with Crippen LogP contribution in [0.15, 0.2) is 388 Å². The van der Waals surface area contributed by atoms with E-state index < -0.39 is 0 Å². The van der Waals surface area contributed by atoms with Gasteiger partial charge in [-0.25, -0.2) is 49.8 Å². The summed E-state index contributed by atoms with van der Waals surface area (Å²) in [6, 6.07) is 134. The fourth-order valence-electron chi connectivity index (χ4n) is 13.3. The number of hydrogen-bond acceptors (Lipinski definition) is 12. The third kappa shape index (κ3) is 15.7. The van der Waals surface area contributed by atoms with Gasteiger partial charge in [-0.05, 0) is 93.0 Å². The predicted molar refractivity (Wildman–Crippen MR) is 447 cm³/mol. The number of nitriles is 2. The van der Waals surface area contributed by atoms with Crippen molar-refractivity contribution in [2.75, 3.05) is 0 Å². The second-order valence-electron chi connectivity index (χ2n) is 26.6. The smallest absolute Gasteiger partial charge is 0.164 e. The molecule has 0 fully saturated rings. The first-order valence-corrected chi connectivity index (χ1v) is 36.6. The number of nitrogens with zero attached hydrogens (tertiary/aromatic N) is 12. The molecule has 12 nitrogen and oxygen atoms in total. The number of hydrogen-bond donors (Lipinski definition) is 0. The van der Waals surface area contributed by atoms with Gasteiger partial charge in [-0.3, -0.25) is 0 Å². The summed E-state index contributed by atoms with van der Waals surface area (Å²) < 4.78 is 0. The summed E-state index contributed by atoms with van der Waals surface area (Å²) in [6.07, 6.45) is 0. The molecule has 524 valence electrons. The van der Waals surface area contributed by atoms with E-state index in [0.717, 1.165) is 134 Å². The van der Waals surface area contributed by atoms with Crippen molar-refractivity contribution < 1.29 is 0 Å². The van der Waals surface area contributed by atoms with Crippen molar-refractivity contribution in [3.8, 4) is 193 Å². The molecule has 4 heterocycles. The first-order valence-electron chi connectivity index (χ1n) is 36.6. The Kier molecular flexibility index (Phi) is 19.9. The topological polar surface area (TPSA) is 176 Å². The third-order valence-electron chi connectivity index (χ3n) is 19.2. The quantitative estimate of drug-likeness (QED) is 0.0896. The van der Waals surface area contributed by atoms with Crippen LogP contribution in [0.4, 0.5) is 0 Å². The van der Waals surface area contributed by atoms with Gasteiger partial charge < -0.3 is 0 Å². The molecule has 0 saturated heterocycles. The minimum Gasteiger partial charge on any atom is -0.228 e. The molecule has 0 amide bonds. The average molecular weight is 1430 g/mol. The number of benzene rings is 14. The lowest BCUT2D eigenvalue weighted by atomic mass is 9.99. The Morgan fingerprint density at radius 2 is 0.304 bits per heavy atom. The third-order valence-corrected chi connectivity index (χ3v) is 19.2. The first-order chi connectivity index (χ1) is 55.3. The van der Waals surface area contributed by atoms with Gasteiger partial charge in [0.1, 0.15) is 0 Å². The van der Waals surface area contributed by atoms with E-state index in [1.165, 1.54) is 0 Å². The standard InChI is InChI=1S/2C50H32N6/c51-33-34-19-21-35(22-20-34)36-23-27-38(28-24-36)45-32-46(53-47(52-45)39-11-4-1-5-12-39)44-18-10-17-43(31-44)37-25-29-42(30-26-37)50-55-48(40-13-6-2-7-14-40)54-49(56-50)41-15-8-3-9-16-41;51-33-34-19-21-35(22-20-34)36-23-27-41(28-24-36)49-54-48(40-15-8-3-9-16-40)55-50(56-49)42-29-25-37(26-30-42)43-17-10-18-44(31-43)46-32-45(38-11-4-1-5-12-38)52-47(53-46)39-13-6-2-7-14-39/h2*1-32H. The van der Waals surface area contributed by atoms with Gasteiger partial charge in [-0.1, -0.05) is 340 Å². The molecule has 12 heteroatoms. The molecule has 14 aromatic carbocycles. The molecule has 0 aliphatic carbocycles. The van der Waals surface area contributed by atoms with Crippen molar-refractivity contribution >= 4 is 0 Å². The van der Waals surface area contributed by atoms with Crippen molar-refractivity contribution in [2.45, 2.75) is 0 Å². The van der Waals surface area contributed by atoms with E-state index in [-0.39, 0.29) is 0 Å². The molecule has 0 radical (unpaired) electrons. The van der Waals surface area contributed by atoms with Crippen LogP contribution in [0.25, 0.3) is 181 Å². The van der Waals surface area contributed by atoms with Gasteiger partial charge >= 0.3 is 0 Å². The maximum atomic E-state index is 9.20. The molecule has 0 aliphatic heterocycles. The van der Waals surface area contributed by atoms with Gasteiger partial charge in [0.05, 0.1) is 46.0 Å². The van der Waals surface area contributed by atoms with E-state index in [1.54, 1.807) is 0 Å². The van der Waals surface area contributed by atoms with Crippen LogP contribution in [0.5, 0.6) is 0 Å².